The van der Waals surface area contributed by atoms with Crippen LogP contribution in [-0.2, 0) is 16.6 Å². The lowest BCUT2D eigenvalue weighted by atomic mass is 9.36. The summed E-state index contributed by atoms with van der Waals surface area (Å²) in [7, 11) is 3.96. The van der Waals surface area contributed by atoms with Crippen LogP contribution in [0.3, 0.4) is 0 Å². The first-order valence-electron chi connectivity index (χ1n) is 10.4. The number of likely N-dealkylation sites (tertiary alicyclic amines) is 1. The molecular weight excluding hydrogens is 354 g/mol. The number of likely N-dealkylation sites (N-methyl/N-ethyl adjacent to an activating group) is 1. The molecule has 2 aliphatic heterocycles. The van der Waals surface area contributed by atoms with Gasteiger partial charge in [-0.15, -0.1) is 0 Å². The third kappa shape index (κ3) is 1.54. The highest BCUT2D eigenvalue weighted by Crippen LogP contribution is 2.75. The molecule has 1 aromatic carbocycles. The molecule has 5 heteroatoms. The van der Waals surface area contributed by atoms with Crippen LogP contribution in [0.25, 0.3) is 0 Å². The number of ether oxygens (including phenoxy) is 2. The van der Waals surface area contributed by atoms with E-state index in [0.717, 1.165) is 25.8 Å². The second-order valence-corrected chi connectivity index (χ2v) is 10.2. The highest BCUT2D eigenvalue weighted by atomic mass is 16.6. The largest absolute Gasteiger partial charge is 0.504 e. The van der Waals surface area contributed by atoms with Gasteiger partial charge in [-0.05, 0) is 58.3 Å². The maximum absolute atomic E-state index is 11.2. The van der Waals surface area contributed by atoms with Gasteiger partial charge in [0.2, 0.25) is 0 Å². The molecule has 1 aromatic rings. The molecular formula is C23H29NO4. The lowest BCUT2D eigenvalue weighted by molar-refractivity contribution is -0.243. The van der Waals surface area contributed by atoms with Gasteiger partial charge in [-0.3, -0.25) is 0 Å². The van der Waals surface area contributed by atoms with Crippen LogP contribution in [0.4, 0.5) is 0 Å². The molecule has 2 fully saturated rings. The van der Waals surface area contributed by atoms with Crippen molar-refractivity contribution >= 4 is 0 Å². The normalized spacial score (nSPS) is 45.1. The molecule has 28 heavy (non-hydrogen) atoms. The van der Waals surface area contributed by atoms with Crippen LogP contribution in [0.5, 0.6) is 11.5 Å². The minimum Gasteiger partial charge on any atom is -0.504 e. The van der Waals surface area contributed by atoms with E-state index in [-0.39, 0.29) is 28.6 Å². The first-order valence-corrected chi connectivity index (χ1v) is 10.4. The number of rotatable bonds is 2. The average Bonchev–Trinajstić information content (AvgIpc) is 3.03. The fraction of sp³-hybridized carbons (Fsp3) is 0.652. The van der Waals surface area contributed by atoms with Crippen molar-refractivity contribution in [1.29, 1.82) is 0 Å². The first kappa shape index (κ1) is 17.3. The fourth-order valence-corrected chi connectivity index (χ4v) is 7.86. The number of hydrogen-bond donors (Lipinski definition) is 2. The number of aliphatic hydroxyl groups is 1. The Balaban J connectivity index is 1.71. The molecule has 6 aliphatic rings. The fourth-order valence-electron chi connectivity index (χ4n) is 7.86. The zero-order valence-corrected chi connectivity index (χ0v) is 17.0. The van der Waals surface area contributed by atoms with Crippen LogP contribution in [0.15, 0.2) is 24.3 Å². The van der Waals surface area contributed by atoms with E-state index >= 15 is 0 Å². The maximum atomic E-state index is 11.2. The van der Waals surface area contributed by atoms with Crippen molar-refractivity contribution < 1.29 is 19.7 Å². The van der Waals surface area contributed by atoms with Gasteiger partial charge in [-0.25, -0.2) is 0 Å². The number of fused-ring (bicyclic) bond motifs is 1. The Hall–Kier alpha value is -1.56. The standard InChI is InChI=1S/C23H29NO4/c1-20(2,26)15-12-21-7-8-23(15,27-4)19-22(21)9-10-24(3)16(21)11-13-5-6-14(25)18(28-19)17(13)22/h5-8,15-16,19,25-26H,9-12H2,1-4H3/t15?,16?,19?,21?,22-,23?/m0/s1. The third-order valence-corrected chi connectivity index (χ3v) is 8.93. The van der Waals surface area contributed by atoms with Crippen molar-refractivity contribution in [2.24, 2.45) is 11.3 Å². The summed E-state index contributed by atoms with van der Waals surface area (Å²) < 4.78 is 12.9. The van der Waals surface area contributed by atoms with Crippen LogP contribution in [0.2, 0.25) is 0 Å². The number of phenolic OH excluding ortho intramolecular Hbond substituents is 1. The van der Waals surface area contributed by atoms with Crippen molar-refractivity contribution in [1.82, 2.24) is 4.90 Å². The molecule has 2 heterocycles. The van der Waals surface area contributed by atoms with Crippen molar-refractivity contribution in [3.8, 4) is 11.5 Å². The van der Waals surface area contributed by atoms with E-state index in [1.807, 2.05) is 13.8 Å². The summed E-state index contributed by atoms with van der Waals surface area (Å²) >= 11 is 0. The zero-order chi connectivity index (χ0) is 19.7. The molecule has 7 rings (SSSR count). The molecule has 1 saturated carbocycles. The summed E-state index contributed by atoms with van der Waals surface area (Å²) in [5.41, 5.74) is 0.565. The number of piperidine rings is 1. The van der Waals surface area contributed by atoms with Gasteiger partial charge in [-0.2, -0.15) is 0 Å². The molecule has 4 aliphatic carbocycles. The Morgan fingerprint density at radius 3 is 2.79 bits per heavy atom. The van der Waals surface area contributed by atoms with Crippen molar-refractivity contribution in [3.63, 3.8) is 0 Å². The van der Waals surface area contributed by atoms with Crippen molar-refractivity contribution in [2.75, 3.05) is 20.7 Å². The smallest absolute Gasteiger partial charge is 0.165 e. The monoisotopic (exact) mass is 383 g/mol. The quantitative estimate of drug-likeness (QED) is 0.768. The molecule has 2 N–H and O–H groups in total. The molecule has 4 bridgehead atoms. The maximum Gasteiger partial charge on any atom is 0.165 e. The number of aromatic hydroxyl groups is 1. The van der Waals surface area contributed by atoms with Crippen LogP contribution < -0.4 is 4.74 Å². The summed E-state index contributed by atoms with van der Waals surface area (Å²) in [4.78, 5) is 2.49. The van der Waals surface area contributed by atoms with Gasteiger partial charge in [0.05, 0.1) is 11.0 Å². The van der Waals surface area contributed by atoms with Gasteiger partial charge >= 0.3 is 0 Å². The van der Waals surface area contributed by atoms with E-state index in [1.165, 1.54) is 11.1 Å². The van der Waals surface area contributed by atoms with Gasteiger partial charge in [-0.1, -0.05) is 18.2 Å². The van der Waals surface area contributed by atoms with Crippen LogP contribution >= 0.6 is 0 Å². The lowest BCUT2D eigenvalue weighted by Gasteiger charge is -2.72. The molecule has 0 amide bonds. The average molecular weight is 383 g/mol. The molecule has 150 valence electrons. The highest BCUT2D eigenvalue weighted by Gasteiger charge is 2.80. The summed E-state index contributed by atoms with van der Waals surface area (Å²) in [6, 6.07) is 4.21. The number of hydrogen-bond acceptors (Lipinski definition) is 5. The predicted octanol–water partition coefficient (Wildman–Crippen LogP) is 2.38. The number of benzene rings is 1. The minimum atomic E-state index is -0.900. The third-order valence-electron chi connectivity index (χ3n) is 8.93. The summed E-state index contributed by atoms with van der Waals surface area (Å²) in [6.45, 7) is 4.79. The van der Waals surface area contributed by atoms with Crippen LogP contribution in [0, 0.1) is 11.3 Å². The molecule has 0 aromatic heterocycles. The summed E-state index contributed by atoms with van der Waals surface area (Å²) in [6.07, 6.45) is 7.12. The zero-order valence-electron chi connectivity index (χ0n) is 17.0. The number of nitrogens with zero attached hydrogens (tertiary/aromatic N) is 1. The number of methoxy groups -OCH3 is 1. The Morgan fingerprint density at radius 2 is 2.07 bits per heavy atom. The Bertz CT molecular complexity index is 920. The lowest BCUT2D eigenvalue weighted by Crippen LogP contribution is -2.80. The SMILES string of the molecule is COC12C=CC3(CC1C(C)(C)O)C1Cc4ccc(O)c5c4[C@@]3(CCN1C)C2O5. The summed E-state index contributed by atoms with van der Waals surface area (Å²) in [5.74, 6) is 0.789. The van der Waals surface area contributed by atoms with E-state index in [0.29, 0.717) is 11.8 Å². The van der Waals surface area contributed by atoms with E-state index < -0.39 is 11.2 Å². The second-order valence-electron chi connectivity index (χ2n) is 10.2. The summed E-state index contributed by atoms with van der Waals surface area (Å²) in [5, 5.41) is 21.9. The van der Waals surface area contributed by atoms with E-state index in [4.69, 9.17) is 9.47 Å². The van der Waals surface area contributed by atoms with E-state index in [1.54, 1.807) is 13.2 Å². The Labute approximate surface area is 165 Å². The van der Waals surface area contributed by atoms with Gasteiger partial charge < -0.3 is 24.6 Å². The highest BCUT2D eigenvalue weighted by molar-refractivity contribution is 5.65. The first-order chi connectivity index (χ1) is 13.2. The van der Waals surface area contributed by atoms with Crippen LogP contribution in [0.1, 0.15) is 37.8 Å². The predicted molar refractivity (Wildman–Crippen MR) is 105 cm³/mol. The van der Waals surface area contributed by atoms with Crippen molar-refractivity contribution in [2.45, 2.75) is 61.9 Å². The Morgan fingerprint density at radius 1 is 1.29 bits per heavy atom. The molecule has 0 radical (unpaired) electrons. The van der Waals surface area contributed by atoms with Crippen LogP contribution in [-0.4, -0.2) is 59.2 Å². The molecule has 6 atom stereocenters. The second kappa shape index (κ2) is 4.77. The van der Waals surface area contributed by atoms with E-state index in [2.05, 4.69) is 30.2 Å². The van der Waals surface area contributed by atoms with Gasteiger partial charge in [0.25, 0.3) is 0 Å². The molecule has 5 nitrogen and oxygen atoms in total. The van der Waals surface area contributed by atoms with Gasteiger partial charge in [0, 0.05) is 30.0 Å². The molecule has 1 saturated heterocycles. The van der Waals surface area contributed by atoms with Gasteiger partial charge in [0.1, 0.15) is 11.7 Å². The van der Waals surface area contributed by atoms with Gasteiger partial charge in [0.15, 0.2) is 11.5 Å². The molecule has 2 spiro atoms. The minimum absolute atomic E-state index is 0.0832. The van der Waals surface area contributed by atoms with Crippen molar-refractivity contribution in [3.05, 3.63) is 35.4 Å². The molecule has 5 unspecified atom stereocenters. The van der Waals surface area contributed by atoms with E-state index in [9.17, 15) is 10.2 Å². The Kier molecular flexibility index (Phi) is 2.95. The topological polar surface area (TPSA) is 62.2 Å². The number of phenols is 1.